The van der Waals surface area contributed by atoms with Gasteiger partial charge < -0.3 is 4.74 Å². The molecule has 0 bridgehead atoms. The third-order valence-corrected chi connectivity index (χ3v) is 5.82. The van der Waals surface area contributed by atoms with Crippen LogP contribution in [0.1, 0.15) is 5.56 Å². The number of halogens is 2. The summed E-state index contributed by atoms with van der Waals surface area (Å²) in [4.78, 5) is 4.81. The maximum absolute atomic E-state index is 6.31. The fraction of sp³-hybridized carbons (Fsp3) is 0.0952. The predicted octanol–water partition coefficient (Wildman–Crippen LogP) is 6.63. The number of aromatic nitrogens is 2. The molecule has 1 heterocycles. The lowest BCUT2D eigenvalue weighted by molar-refractivity contribution is 0.414. The van der Waals surface area contributed by atoms with E-state index in [4.69, 9.17) is 32.9 Å². The molecular weight excluding hydrogens is 399 g/mol. The van der Waals surface area contributed by atoms with E-state index in [1.807, 2.05) is 66.7 Å². The molecule has 4 aromatic rings. The Hall–Kier alpha value is -2.14. The Morgan fingerprint density at radius 3 is 2.52 bits per heavy atom. The van der Waals surface area contributed by atoms with Gasteiger partial charge in [0, 0.05) is 21.5 Å². The fourth-order valence-corrected chi connectivity index (χ4v) is 4.34. The Bertz CT molecular complexity index is 1090. The van der Waals surface area contributed by atoms with Gasteiger partial charge in [0.1, 0.15) is 5.75 Å². The maximum Gasteiger partial charge on any atom is 0.174 e. The van der Waals surface area contributed by atoms with Crippen LogP contribution in [0.15, 0.2) is 71.9 Å². The zero-order chi connectivity index (χ0) is 18.8. The molecule has 0 unspecified atom stereocenters. The Morgan fingerprint density at radius 1 is 1.00 bits per heavy atom. The van der Waals surface area contributed by atoms with E-state index in [2.05, 4.69) is 4.57 Å². The van der Waals surface area contributed by atoms with Crippen molar-refractivity contribution in [1.29, 1.82) is 0 Å². The average molecular weight is 415 g/mol. The minimum absolute atomic E-state index is 0.680. The molecule has 0 saturated carbocycles. The maximum atomic E-state index is 6.31. The lowest BCUT2D eigenvalue weighted by Crippen LogP contribution is -1.97. The Morgan fingerprint density at radius 2 is 1.78 bits per heavy atom. The topological polar surface area (TPSA) is 27.1 Å². The monoisotopic (exact) mass is 414 g/mol. The lowest BCUT2D eigenvalue weighted by atomic mass is 10.2. The van der Waals surface area contributed by atoms with Crippen LogP contribution in [0.2, 0.25) is 10.0 Å². The van der Waals surface area contributed by atoms with Gasteiger partial charge in [-0.3, -0.25) is 4.57 Å². The van der Waals surface area contributed by atoms with Crippen LogP contribution in [0.3, 0.4) is 0 Å². The summed E-state index contributed by atoms with van der Waals surface area (Å²) in [5.41, 5.74) is 3.95. The number of nitrogens with zero attached hydrogens (tertiary/aromatic N) is 2. The van der Waals surface area contributed by atoms with Crippen LogP contribution in [0.5, 0.6) is 5.75 Å². The van der Waals surface area contributed by atoms with Gasteiger partial charge in [-0.05, 0) is 54.1 Å². The largest absolute Gasteiger partial charge is 0.497 e. The highest BCUT2D eigenvalue weighted by Gasteiger charge is 2.14. The van der Waals surface area contributed by atoms with Crippen molar-refractivity contribution < 1.29 is 4.74 Å². The van der Waals surface area contributed by atoms with Crippen LogP contribution in [0.4, 0.5) is 0 Å². The summed E-state index contributed by atoms with van der Waals surface area (Å²) in [5.74, 6) is 1.54. The number of ether oxygens (including phenoxy) is 1. The van der Waals surface area contributed by atoms with Gasteiger partial charge in [0.25, 0.3) is 0 Å². The van der Waals surface area contributed by atoms with E-state index in [1.165, 1.54) is 0 Å². The molecule has 0 aliphatic carbocycles. The highest BCUT2D eigenvalue weighted by atomic mass is 35.5. The lowest BCUT2D eigenvalue weighted by Gasteiger charge is -2.10. The van der Waals surface area contributed by atoms with Crippen molar-refractivity contribution in [3.63, 3.8) is 0 Å². The van der Waals surface area contributed by atoms with E-state index in [1.54, 1.807) is 18.9 Å². The molecular formula is C21H16Cl2N2OS. The summed E-state index contributed by atoms with van der Waals surface area (Å²) in [5, 5.41) is 2.33. The molecule has 0 amide bonds. The van der Waals surface area contributed by atoms with Crippen molar-refractivity contribution in [3.05, 3.63) is 82.3 Å². The van der Waals surface area contributed by atoms with Gasteiger partial charge in [0.05, 0.1) is 18.1 Å². The number of hydrogen-bond acceptors (Lipinski definition) is 3. The summed E-state index contributed by atoms with van der Waals surface area (Å²) in [6.07, 6.45) is 0. The smallest absolute Gasteiger partial charge is 0.174 e. The highest BCUT2D eigenvalue weighted by molar-refractivity contribution is 7.98. The molecule has 0 N–H and O–H groups in total. The summed E-state index contributed by atoms with van der Waals surface area (Å²) >= 11 is 14.2. The van der Waals surface area contributed by atoms with E-state index in [0.717, 1.165) is 44.0 Å². The molecule has 4 rings (SSSR count). The summed E-state index contributed by atoms with van der Waals surface area (Å²) in [7, 11) is 1.66. The molecule has 0 spiro atoms. The highest BCUT2D eigenvalue weighted by Crippen LogP contribution is 2.33. The predicted molar refractivity (Wildman–Crippen MR) is 114 cm³/mol. The second kappa shape index (κ2) is 7.85. The Kier molecular flexibility index (Phi) is 5.30. The number of methoxy groups -OCH3 is 1. The first-order valence-corrected chi connectivity index (χ1v) is 10.1. The first-order chi connectivity index (χ1) is 13.2. The molecule has 6 heteroatoms. The molecule has 136 valence electrons. The van der Waals surface area contributed by atoms with Crippen LogP contribution in [-0.4, -0.2) is 16.7 Å². The van der Waals surface area contributed by atoms with E-state index < -0.39 is 0 Å². The summed E-state index contributed by atoms with van der Waals surface area (Å²) in [6.45, 7) is 0. The van der Waals surface area contributed by atoms with Gasteiger partial charge in [-0.25, -0.2) is 4.98 Å². The van der Waals surface area contributed by atoms with Crippen LogP contribution < -0.4 is 4.74 Å². The van der Waals surface area contributed by atoms with E-state index in [-0.39, 0.29) is 0 Å². The first kappa shape index (κ1) is 18.2. The second-order valence-electron chi connectivity index (χ2n) is 5.94. The molecule has 0 atom stereocenters. The zero-order valence-corrected chi connectivity index (χ0v) is 16.9. The van der Waals surface area contributed by atoms with Crippen molar-refractivity contribution in [1.82, 2.24) is 9.55 Å². The van der Waals surface area contributed by atoms with Gasteiger partial charge in [0.2, 0.25) is 0 Å². The fourth-order valence-electron chi connectivity index (χ4n) is 2.86. The third-order valence-electron chi connectivity index (χ3n) is 4.23. The van der Waals surface area contributed by atoms with Gasteiger partial charge in [0.15, 0.2) is 5.16 Å². The van der Waals surface area contributed by atoms with Crippen molar-refractivity contribution >= 4 is 46.0 Å². The number of imidazole rings is 1. The molecule has 0 saturated heterocycles. The molecule has 3 nitrogen and oxygen atoms in total. The number of hydrogen-bond donors (Lipinski definition) is 0. The Balaban J connectivity index is 1.78. The quantitative estimate of drug-likeness (QED) is 0.342. The molecule has 1 aromatic heterocycles. The van der Waals surface area contributed by atoms with E-state index in [9.17, 15) is 0 Å². The normalized spacial score (nSPS) is 11.1. The summed E-state index contributed by atoms with van der Waals surface area (Å²) < 4.78 is 7.39. The minimum atomic E-state index is 0.680. The van der Waals surface area contributed by atoms with E-state index >= 15 is 0 Å². The summed E-state index contributed by atoms with van der Waals surface area (Å²) in [6, 6.07) is 21.5. The van der Waals surface area contributed by atoms with Crippen LogP contribution in [0.25, 0.3) is 16.7 Å². The van der Waals surface area contributed by atoms with Crippen LogP contribution in [-0.2, 0) is 5.75 Å². The van der Waals surface area contributed by atoms with Crippen molar-refractivity contribution in [2.45, 2.75) is 10.9 Å². The van der Waals surface area contributed by atoms with E-state index in [0.29, 0.717) is 5.02 Å². The first-order valence-electron chi connectivity index (χ1n) is 8.34. The second-order valence-corrected chi connectivity index (χ2v) is 7.73. The minimum Gasteiger partial charge on any atom is -0.497 e. The van der Waals surface area contributed by atoms with Gasteiger partial charge in [-0.1, -0.05) is 53.2 Å². The molecule has 0 aliphatic heterocycles. The van der Waals surface area contributed by atoms with Crippen molar-refractivity contribution in [2.75, 3.05) is 7.11 Å². The standard InChI is InChI=1S/C21H16Cl2N2OS/c1-26-17-9-7-16(8-10-17)25-20-12-15(22)6-11-19(20)24-21(25)27-13-14-4-2-3-5-18(14)23/h2-12H,13H2,1H3. The molecule has 0 aliphatic rings. The SMILES string of the molecule is COc1ccc(-n2c(SCc3ccccc3Cl)nc3ccc(Cl)cc32)cc1. The van der Waals surface area contributed by atoms with Gasteiger partial charge >= 0.3 is 0 Å². The molecule has 0 radical (unpaired) electrons. The molecule has 27 heavy (non-hydrogen) atoms. The van der Waals surface area contributed by atoms with Gasteiger partial charge in [-0.2, -0.15) is 0 Å². The number of rotatable bonds is 5. The third kappa shape index (κ3) is 3.79. The van der Waals surface area contributed by atoms with Crippen molar-refractivity contribution in [2.24, 2.45) is 0 Å². The van der Waals surface area contributed by atoms with Gasteiger partial charge in [-0.15, -0.1) is 0 Å². The van der Waals surface area contributed by atoms with Crippen molar-refractivity contribution in [3.8, 4) is 11.4 Å². The number of thioether (sulfide) groups is 1. The molecule has 0 fully saturated rings. The van der Waals surface area contributed by atoms with Crippen LogP contribution >= 0.6 is 35.0 Å². The average Bonchev–Trinajstić information content (AvgIpc) is 3.05. The Labute approximate surface area is 171 Å². The number of fused-ring (bicyclic) bond motifs is 1. The number of benzene rings is 3. The molecule has 3 aromatic carbocycles. The zero-order valence-electron chi connectivity index (χ0n) is 14.5. The van der Waals surface area contributed by atoms with Crippen LogP contribution in [0, 0.1) is 0 Å².